The van der Waals surface area contributed by atoms with E-state index >= 15 is 0 Å². The second kappa shape index (κ2) is 13.5. The number of morpholine rings is 1. The van der Waals surface area contributed by atoms with Crippen molar-refractivity contribution in [3.05, 3.63) is 45.9 Å². The third-order valence-corrected chi connectivity index (χ3v) is 7.82. The van der Waals surface area contributed by atoms with E-state index in [4.69, 9.17) is 9.47 Å². The van der Waals surface area contributed by atoms with E-state index in [0.717, 1.165) is 24.8 Å². The summed E-state index contributed by atoms with van der Waals surface area (Å²) in [5.41, 5.74) is 0.477. The molecule has 4 atom stereocenters. The molecule has 0 bridgehead atoms. The van der Waals surface area contributed by atoms with Gasteiger partial charge < -0.3 is 30.0 Å². The van der Waals surface area contributed by atoms with E-state index in [9.17, 15) is 24.0 Å². The average molecular weight is 572 g/mol. The van der Waals surface area contributed by atoms with Crippen LogP contribution in [0.1, 0.15) is 45.1 Å². The number of pyridine rings is 1. The van der Waals surface area contributed by atoms with Gasteiger partial charge in [-0.25, -0.2) is 0 Å². The number of ether oxygens (including phenoxy) is 2. The first-order chi connectivity index (χ1) is 19.5. The summed E-state index contributed by atoms with van der Waals surface area (Å²) in [7, 11) is 1.62. The Morgan fingerprint density at radius 3 is 2.39 bits per heavy atom. The number of epoxide rings is 1. The first-order valence-electron chi connectivity index (χ1n) is 14.3. The molecule has 0 aromatic carbocycles. The molecule has 41 heavy (non-hydrogen) atoms. The van der Waals surface area contributed by atoms with Crippen LogP contribution in [0.2, 0.25) is 0 Å². The number of nitrogens with one attached hydrogen (secondary N) is 3. The van der Waals surface area contributed by atoms with Gasteiger partial charge in [-0.1, -0.05) is 11.6 Å². The van der Waals surface area contributed by atoms with Gasteiger partial charge in [0, 0.05) is 38.8 Å². The highest BCUT2D eigenvalue weighted by molar-refractivity contribution is 5.98. The predicted octanol–water partition coefficient (Wildman–Crippen LogP) is -0.407. The molecule has 12 nitrogen and oxygen atoms in total. The van der Waals surface area contributed by atoms with E-state index in [0.29, 0.717) is 44.9 Å². The quantitative estimate of drug-likeness (QED) is 0.214. The smallest absolute Gasteiger partial charge is 0.250 e. The molecule has 4 rings (SSSR count). The number of carbonyl (C=O) groups excluding carboxylic acids is 4. The number of hydrogen-bond acceptors (Lipinski definition) is 8. The molecule has 1 aliphatic carbocycles. The highest BCUT2D eigenvalue weighted by Crippen LogP contribution is 2.31. The van der Waals surface area contributed by atoms with Crippen LogP contribution in [0, 0.1) is 0 Å². The third kappa shape index (κ3) is 8.57. The number of rotatable bonds is 13. The Morgan fingerprint density at radius 1 is 1.05 bits per heavy atom. The van der Waals surface area contributed by atoms with E-state index in [1.807, 2.05) is 4.90 Å². The maximum Gasteiger partial charge on any atom is 0.250 e. The van der Waals surface area contributed by atoms with Gasteiger partial charge in [-0.05, 0) is 51.2 Å². The topological polar surface area (TPSA) is 151 Å². The summed E-state index contributed by atoms with van der Waals surface area (Å²) in [6.45, 7) is 6.05. The fourth-order valence-electron chi connectivity index (χ4n) is 5.06. The minimum atomic E-state index is -1.09. The summed E-state index contributed by atoms with van der Waals surface area (Å²) < 4.78 is 12.1. The van der Waals surface area contributed by atoms with Crippen LogP contribution in [0.3, 0.4) is 0 Å². The predicted molar refractivity (Wildman–Crippen MR) is 150 cm³/mol. The second-order valence-electron chi connectivity index (χ2n) is 11.3. The van der Waals surface area contributed by atoms with Gasteiger partial charge >= 0.3 is 0 Å². The molecule has 0 saturated carbocycles. The largest absolute Gasteiger partial charge is 0.379 e. The van der Waals surface area contributed by atoms with E-state index < -0.39 is 35.5 Å². The van der Waals surface area contributed by atoms with Gasteiger partial charge in [0.1, 0.15) is 17.7 Å². The summed E-state index contributed by atoms with van der Waals surface area (Å²) in [5.74, 6) is -1.62. The standard InChI is InChI=1S/C29H41N5O7/c1-19(30-24(35)17-34-10-12-40-13-11-34)27(38)32-23(15-21-8-9-33(3)25(36)16-21)28(39)31-22(14-20-6-4-5-7-20)26(37)29(2)18-41-29/h6,8-9,16,19,22-23H,4-5,7,10-15,17-18H2,1-3H3,(H,30,35)(H,31,39)(H,32,38). The van der Waals surface area contributed by atoms with Crippen LogP contribution >= 0.6 is 0 Å². The molecular weight excluding hydrogens is 530 g/mol. The van der Waals surface area contributed by atoms with Crippen molar-refractivity contribution in [2.24, 2.45) is 7.05 Å². The Hall–Kier alpha value is -3.35. The number of hydrogen-bond donors (Lipinski definition) is 3. The molecular formula is C29H41N5O7. The Kier molecular flexibility index (Phi) is 10.1. The number of aryl methyl sites for hydroxylation is 1. The lowest BCUT2D eigenvalue weighted by Crippen LogP contribution is -2.57. The summed E-state index contributed by atoms with van der Waals surface area (Å²) in [6, 6.07) is 0.293. The van der Waals surface area contributed by atoms with Gasteiger partial charge in [0.25, 0.3) is 5.56 Å². The number of Topliss-reactive ketones (excluding diaryl/α,β-unsaturated/α-hetero) is 1. The van der Waals surface area contributed by atoms with Crippen LogP contribution in [-0.4, -0.2) is 96.2 Å². The highest BCUT2D eigenvalue weighted by atomic mass is 16.6. The fourth-order valence-corrected chi connectivity index (χ4v) is 5.06. The molecule has 2 fully saturated rings. The number of nitrogens with zero attached hydrogens (tertiary/aromatic N) is 2. The molecule has 3 N–H and O–H groups in total. The van der Waals surface area contributed by atoms with Crippen LogP contribution in [0.15, 0.2) is 34.8 Å². The van der Waals surface area contributed by atoms with Crippen molar-refractivity contribution in [1.82, 2.24) is 25.4 Å². The molecule has 12 heteroatoms. The maximum atomic E-state index is 13.7. The Balaban J connectivity index is 1.46. The molecule has 1 aromatic heterocycles. The van der Waals surface area contributed by atoms with E-state index in [2.05, 4.69) is 22.0 Å². The zero-order valence-corrected chi connectivity index (χ0v) is 24.1. The van der Waals surface area contributed by atoms with E-state index in [-0.39, 0.29) is 30.2 Å². The van der Waals surface area contributed by atoms with Gasteiger partial charge in [-0.2, -0.15) is 0 Å². The van der Waals surface area contributed by atoms with Crippen LogP contribution in [0.4, 0.5) is 0 Å². The number of amides is 3. The van der Waals surface area contributed by atoms with Crippen molar-refractivity contribution in [1.29, 1.82) is 0 Å². The van der Waals surface area contributed by atoms with Gasteiger partial charge in [-0.3, -0.25) is 28.9 Å². The number of carbonyl (C=O) groups is 4. The van der Waals surface area contributed by atoms with Crippen molar-refractivity contribution >= 4 is 23.5 Å². The van der Waals surface area contributed by atoms with E-state index in [1.165, 1.54) is 10.6 Å². The van der Waals surface area contributed by atoms with Crippen LogP contribution in [-0.2, 0) is 42.1 Å². The Morgan fingerprint density at radius 2 is 1.76 bits per heavy atom. The highest BCUT2D eigenvalue weighted by Gasteiger charge is 2.50. The van der Waals surface area contributed by atoms with Crippen molar-refractivity contribution in [3.8, 4) is 0 Å². The SMILES string of the molecule is CC(NC(=O)CN1CCOCC1)C(=O)NC(Cc1ccn(C)c(=O)c1)C(=O)NC(CC1=CCCC1)C(=O)C1(C)CO1. The lowest BCUT2D eigenvalue weighted by atomic mass is 9.94. The van der Waals surface area contributed by atoms with E-state index in [1.54, 1.807) is 33.2 Å². The van der Waals surface area contributed by atoms with Gasteiger partial charge in [-0.15, -0.1) is 0 Å². The lowest BCUT2D eigenvalue weighted by molar-refractivity contribution is -0.134. The molecule has 2 saturated heterocycles. The Bertz CT molecular complexity index is 1230. The van der Waals surface area contributed by atoms with Gasteiger partial charge in [0.15, 0.2) is 5.78 Å². The summed E-state index contributed by atoms with van der Waals surface area (Å²) in [6.07, 6.45) is 6.91. The number of ketones is 1. The molecule has 3 heterocycles. The second-order valence-corrected chi connectivity index (χ2v) is 11.3. The van der Waals surface area contributed by atoms with Crippen LogP contribution < -0.4 is 21.5 Å². The molecule has 3 aliphatic rings. The van der Waals surface area contributed by atoms with Crippen LogP contribution in [0.25, 0.3) is 0 Å². The zero-order valence-electron chi connectivity index (χ0n) is 24.1. The summed E-state index contributed by atoms with van der Waals surface area (Å²) in [5, 5.41) is 8.29. The Labute approximate surface area is 239 Å². The van der Waals surface area contributed by atoms with Gasteiger partial charge in [0.05, 0.1) is 32.4 Å². The molecule has 4 unspecified atom stereocenters. The average Bonchev–Trinajstić information content (AvgIpc) is 3.48. The fraction of sp³-hybridized carbons (Fsp3) is 0.621. The number of allylic oxidation sites excluding steroid dienone is 1. The third-order valence-electron chi connectivity index (χ3n) is 7.82. The van der Waals surface area contributed by atoms with Crippen molar-refractivity contribution in [2.75, 3.05) is 39.5 Å². The van der Waals surface area contributed by atoms with Crippen molar-refractivity contribution < 1.29 is 28.7 Å². The molecule has 1 aromatic rings. The molecule has 2 aliphatic heterocycles. The van der Waals surface area contributed by atoms with Crippen LogP contribution in [0.5, 0.6) is 0 Å². The van der Waals surface area contributed by atoms with Crippen molar-refractivity contribution in [3.63, 3.8) is 0 Å². The maximum absolute atomic E-state index is 13.7. The lowest BCUT2D eigenvalue weighted by Gasteiger charge is -2.27. The monoisotopic (exact) mass is 571 g/mol. The molecule has 0 radical (unpaired) electrons. The number of aromatic nitrogens is 1. The molecule has 3 amide bonds. The minimum Gasteiger partial charge on any atom is -0.379 e. The zero-order chi connectivity index (χ0) is 29.6. The van der Waals surface area contributed by atoms with Gasteiger partial charge in [0.2, 0.25) is 17.7 Å². The van der Waals surface area contributed by atoms with Crippen molar-refractivity contribution in [2.45, 2.75) is 69.7 Å². The first kappa shape index (κ1) is 30.6. The normalized spacial score (nSPS) is 22.7. The summed E-state index contributed by atoms with van der Waals surface area (Å²) >= 11 is 0. The first-order valence-corrected chi connectivity index (χ1v) is 14.3. The molecule has 0 spiro atoms. The molecule has 224 valence electrons. The summed E-state index contributed by atoms with van der Waals surface area (Å²) in [4.78, 5) is 66.8. The minimum absolute atomic E-state index is 0.0273.